The first-order valence-corrected chi connectivity index (χ1v) is 6.99. The van der Waals surface area contributed by atoms with Crippen molar-refractivity contribution in [2.24, 2.45) is 0 Å². The molecule has 6 nitrogen and oxygen atoms in total. The Hall–Kier alpha value is -0.610. The molecule has 0 amide bonds. The topological polar surface area (TPSA) is 99.4 Å². The number of hydrogen-bond acceptors (Lipinski definition) is 6. The summed E-state index contributed by atoms with van der Waals surface area (Å²) in [6.07, 6.45) is -4.32. The number of phenols is 1. The zero-order valence-electron chi connectivity index (χ0n) is 9.89. The van der Waals surface area contributed by atoms with E-state index >= 15 is 0 Å². The molecule has 1 fully saturated rings. The fourth-order valence-corrected chi connectivity index (χ4v) is 2.57. The Balaban J connectivity index is 1.93. The van der Waals surface area contributed by atoms with E-state index in [0.29, 0.717) is 5.75 Å². The van der Waals surface area contributed by atoms with Crippen LogP contribution in [-0.4, -0.2) is 55.6 Å². The molecule has 0 radical (unpaired) electrons. The van der Waals surface area contributed by atoms with Gasteiger partial charge in [-0.05, 0) is 46.9 Å². The number of ether oxygens (including phenoxy) is 2. The predicted octanol–water partition coefficient (Wildman–Crippen LogP) is 0.0136. The van der Waals surface area contributed by atoms with Gasteiger partial charge in [-0.3, -0.25) is 0 Å². The molecule has 7 heteroatoms. The van der Waals surface area contributed by atoms with Crippen LogP contribution in [0.4, 0.5) is 0 Å². The molecule has 2 unspecified atom stereocenters. The average Bonchev–Trinajstić information content (AvgIpc) is 2.41. The second-order valence-corrected chi connectivity index (χ2v) is 5.53. The second-order valence-electron chi connectivity index (χ2n) is 4.30. The van der Waals surface area contributed by atoms with Gasteiger partial charge in [0.15, 0.2) is 0 Å². The molecular formula is C12H15IO6. The Morgan fingerprint density at radius 2 is 1.68 bits per heavy atom. The monoisotopic (exact) mass is 382 g/mol. The van der Waals surface area contributed by atoms with E-state index in [0.717, 1.165) is 0 Å². The molecule has 0 spiro atoms. The summed E-state index contributed by atoms with van der Waals surface area (Å²) in [6.45, 7) is 0.0369. The number of aliphatic hydroxyl groups excluding tert-OH is 3. The Bertz CT molecular complexity index is 411. The highest BCUT2D eigenvalue weighted by Gasteiger charge is 2.42. The normalized spacial score (nSPS) is 35.1. The van der Waals surface area contributed by atoms with Crippen LogP contribution < -0.4 is 4.74 Å². The molecule has 2 rings (SSSR count). The van der Waals surface area contributed by atoms with Gasteiger partial charge in [-0.15, -0.1) is 0 Å². The molecule has 1 heterocycles. The molecule has 0 saturated carbocycles. The van der Waals surface area contributed by atoms with Gasteiger partial charge in [-0.1, -0.05) is 0 Å². The van der Waals surface area contributed by atoms with Crippen molar-refractivity contribution in [1.82, 2.24) is 0 Å². The fourth-order valence-electron chi connectivity index (χ4n) is 1.76. The Morgan fingerprint density at radius 1 is 1.05 bits per heavy atom. The molecule has 1 aliphatic rings. The maximum Gasteiger partial charge on any atom is 0.137 e. The Kier molecular flexibility index (Phi) is 4.85. The number of aromatic hydroxyl groups is 1. The molecule has 1 aromatic carbocycles. The summed E-state index contributed by atoms with van der Waals surface area (Å²) >= 11 is 1.85. The summed E-state index contributed by atoms with van der Waals surface area (Å²) in [4.78, 5) is 0. The minimum Gasteiger partial charge on any atom is -0.508 e. The van der Waals surface area contributed by atoms with Crippen molar-refractivity contribution < 1.29 is 29.9 Å². The molecular weight excluding hydrogens is 367 g/mol. The highest BCUT2D eigenvalue weighted by molar-refractivity contribution is 14.1. The second kappa shape index (κ2) is 6.23. The summed E-state index contributed by atoms with van der Waals surface area (Å²) in [6, 6.07) is 6.12. The van der Waals surface area contributed by atoms with Gasteiger partial charge >= 0.3 is 0 Å². The fraction of sp³-hybridized carbons (Fsp3) is 0.500. The summed E-state index contributed by atoms with van der Waals surface area (Å²) in [5.41, 5.74) is 0. The quantitative estimate of drug-likeness (QED) is 0.435. The van der Waals surface area contributed by atoms with Gasteiger partial charge in [-0.25, -0.2) is 0 Å². The predicted molar refractivity (Wildman–Crippen MR) is 74.3 cm³/mol. The zero-order valence-corrected chi connectivity index (χ0v) is 12.0. The maximum absolute atomic E-state index is 9.79. The molecule has 0 aromatic heterocycles. The van der Waals surface area contributed by atoms with Gasteiger partial charge in [-0.2, -0.15) is 0 Å². The average molecular weight is 382 g/mol. The number of hydrogen-bond donors (Lipinski definition) is 4. The molecule has 106 valence electrons. The van der Waals surface area contributed by atoms with Gasteiger partial charge in [0.25, 0.3) is 0 Å². The van der Waals surface area contributed by atoms with Crippen molar-refractivity contribution in [2.45, 2.75) is 28.5 Å². The van der Waals surface area contributed by atoms with Gasteiger partial charge in [0.1, 0.15) is 46.6 Å². The summed E-state index contributed by atoms with van der Waals surface area (Å²) in [7, 11) is 0. The van der Waals surface area contributed by atoms with Crippen LogP contribution in [0.2, 0.25) is 0 Å². The van der Waals surface area contributed by atoms with Gasteiger partial charge in [0, 0.05) is 0 Å². The molecule has 0 bridgehead atoms. The van der Waals surface area contributed by atoms with E-state index in [2.05, 4.69) is 0 Å². The van der Waals surface area contributed by atoms with Crippen LogP contribution in [0.3, 0.4) is 0 Å². The number of benzene rings is 1. The van der Waals surface area contributed by atoms with Crippen molar-refractivity contribution in [2.75, 3.05) is 6.61 Å². The lowest BCUT2D eigenvalue weighted by molar-refractivity contribution is -0.199. The van der Waals surface area contributed by atoms with Crippen LogP contribution in [0.15, 0.2) is 24.3 Å². The standard InChI is InChI=1S/C12H15IO6/c13-12-11(17)10(16)9(15)8(19-12)5-18-7-3-1-6(14)2-4-7/h1-4,8-12,14-17H,5H2/t8-,9+,10?,11?,12+/m1/s1. The van der Waals surface area contributed by atoms with Crippen LogP contribution in [0, 0.1) is 0 Å². The third-order valence-electron chi connectivity index (χ3n) is 2.91. The molecule has 19 heavy (non-hydrogen) atoms. The van der Waals surface area contributed by atoms with E-state index in [9.17, 15) is 15.3 Å². The third-order valence-corrected chi connectivity index (χ3v) is 3.94. The minimum atomic E-state index is -1.26. The number of rotatable bonds is 3. The Labute approximate surface area is 123 Å². The number of halogens is 1. The maximum atomic E-state index is 9.79. The van der Waals surface area contributed by atoms with Crippen LogP contribution in [-0.2, 0) is 4.74 Å². The van der Waals surface area contributed by atoms with Gasteiger partial charge in [0.05, 0.1) is 0 Å². The van der Waals surface area contributed by atoms with Crippen LogP contribution >= 0.6 is 22.6 Å². The number of aliphatic hydroxyl groups is 3. The number of alkyl halides is 1. The van der Waals surface area contributed by atoms with Gasteiger partial charge in [0.2, 0.25) is 0 Å². The molecule has 1 saturated heterocycles. The first kappa shape index (κ1) is 14.8. The lowest BCUT2D eigenvalue weighted by atomic mass is 10.0. The minimum absolute atomic E-state index is 0.0369. The summed E-state index contributed by atoms with van der Waals surface area (Å²) < 4.78 is 10.2. The van der Waals surface area contributed by atoms with E-state index in [1.807, 2.05) is 22.6 Å². The van der Waals surface area contributed by atoms with Crippen molar-refractivity contribution in [1.29, 1.82) is 0 Å². The van der Waals surface area contributed by atoms with E-state index in [1.165, 1.54) is 12.1 Å². The third kappa shape index (κ3) is 3.48. The smallest absolute Gasteiger partial charge is 0.137 e. The molecule has 1 aliphatic heterocycles. The van der Waals surface area contributed by atoms with Crippen LogP contribution in [0.1, 0.15) is 0 Å². The van der Waals surface area contributed by atoms with Crippen molar-refractivity contribution in [3.63, 3.8) is 0 Å². The first-order valence-electron chi connectivity index (χ1n) is 5.74. The SMILES string of the molecule is Oc1ccc(OC[C@H]2O[C@H](I)C(O)C(O)[C@H]2O)cc1. The van der Waals surface area contributed by atoms with Crippen LogP contribution in [0.5, 0.6) is 11.5 Å². The van der Waals surface area contributed by atoms with Crippen molar-refractivity contribution in [3.05, 3.63) is 24.3 Å². The number of phenolic OH excluding ortho intramolecular Hbond substituents is 1. The largest absolute Gasteiger partial charge is 0.508 e. The zero-order chi connectivity index (χ0) is 14.0. The van der Waals surface area contributed by atoms with Crippen molar-refractivity contribution in [3.8, 4) is 11.5 Å². The van der Waals surface area contributed by atoms with E-state index in [4.69, 9.17) is 14.6 Å². The van der Waals surface area contributed by atoms with Gasteiger partial charge < -0.3 is 29.9 Å². The lowest BCUT2D eigenvalue weighted by Crippen LogP contribution is -2.57. The summed E-state index contributed by atoms with van der Waals surface area (Å²) in [5, 5.41) is 38.1. The molecule has 1 aromatic rings. The summed E-state index contributed by atoms with van der Waals surface area (Å²) in [5.74, 6) is 0.645. The van der Waals surface area contributed by atoms with Crippen LogP contribution in [0.25, 0.3) is 0 Å². The van der Waals surface area contributed by atoms with E-state index in [1.54, 1.807) is 12.1 Å². The molecule has 4 N–H and O–H groups in total. The Morgan fingerprint density at radius 3 is 2.32 bits per heavy atom. The lowest BCUT2D eigenvalue weighted by Gasteiger charge is -2.38. The molecule has 0 aliphatic carbocycles. The highest BCUT2D eigenvalue weighted by Crippen LogP contribution is 2.26. The molecule has 5 atom stereocenters. The van der Waals surface area contributed by atoms with Crippen molar-refractivity contribution >= 4 is 22.6 Å². The first-order chi connectivity index (χ1) is 8.99. The van der Waals surface area contributed by atoms with E-state index < -0.39 is 28.5 Å². The highest BCUT2D eigenvalue weighted by atomic mass is 127. The van der Waals surface area contributed by atoms with E-state index in [-0.39, 0.29) is 12.4 Å².